The summed E-state index contributed by atoms with van der Waals surface area (Å²) in [6.07, 6.45) is 5.34. The average Bonchev–Trinajstić information content (AvgIpc) is 3.41. The lowest BCUT2D eigenvalue weighted by molar-refractivity contribution is 0.0600. The number of aromatic amines is 2. The molecule has 160 valence electrons. The summed E-state index contributed by atoms with van der Waals surface area (Å²) in [6, 6.07) is 15.7. The Labute approximate surface area is 187 Å². The van der Waals surface area contributed by atoms with Crippen LogP contribution in [-0.2, 0) is 11.3 Å². The fourth-order valence-electron chi connectivity index (χ4n) is 4.17. The summed E-state index contributed by atoms with van der Waals surface area (Å²) >= 11 is 6.60. The van der Waals surface area contributed by atoms with Crippen molar-refractivity contribution >= 4 is 28.5 Å². The normalized spacial score (nSPS) is 12.3. The highest BCUT2D eigenvalue weighted by atomic mass is 35.5. The summed E-state index contributed by atoms with van der Waals surface area (Å²) in [5.41, 5.74) is 3.51. The molecule has 5 rings (SSSR count). The van der Waals surface area contributed by atoms with Crippen LogP contribution in [-0.4, -0.2) is 32.8 Å². The number of hydrogen-bond acceptors (Lipinski definition) is 4. The molecule has 2 aliphatic heterocycles. The van der Waals surface area contributed by atoms with Gasteiger partial charge in [-0.3, -0.25) is 4.79 Å². The lowest BCUT2D eigenvalue weighted by atomic mass is 9.90. The SMILES string of the molecule is COC(=O)c1cn(C[C@H](c2ccccc2Cl)c2c[nH]c3ccccc23)cc2c(=O)[nH]nc1-2. The number of esters is 1. The van der Waals surface area contributed by atoms with Gasteiger partial charge < -0.3 is 14.3 Å². The number of fused-ring (bicyclic) bond motifs is 2. The van der Waals surface area contributed by atoms with Gasteiger partial charge in [0.15, 0.2) is 0 Å². The summed E-state index contributed by atoms with van der Waals surface area (Å²) in [5, 5.41) is 8.14. The number of H-pyrrole nitrogens is 2. The molecule has 0 fully saturated rings. The topological polar surface area (TPSA) is 92.8 Å². The van der Waals surface area contributed by atoms with Gasteiger partial charge in [-0.05, 0) is 23.3 Å². The maximum absolute atomic E-state index is 12.4. The van der Waals surface area contributed by atoms with Crippen molar-refractivity contribution in [3.8, 4) is 11.3 Å². The van der Waals surface area contributed by atoms with Crippen LogP contribution < -0.4 is 5.56 Å². The van der Waals surface area contributed by atoms with Crippen LogP contribution in [0, 0.1) is 0 Å². The van der Waals surface area contributed by atoms with Crippen LogP contribution in [0.5, 0.6) is 0 Å². The number of nitrogens with zero attached hydrogens (tertiary/aromatic N) is 2. The lowest BCUT2D eigenvalue weighted by Gasteiger charge is -2.21. The van der Waals surface area contributed by atoms with E-state index in [0.29, 0.717) is 22.8 Å². The zero-order valence-corrected chi connectivity index (χ0v) is 17.9. The Morgan fingerprint density at radius 3 is 2.72 bits per heavy atom. The van der Waals surface area contributed by atoms with Crippen LogP contribution in [0.2, 0.25) is 5.02 Å². The zero-order valence-electron chi connectivity index (χ0n) is 17.1. The maximum Gasteiger partial charge on any atom is 0.341 e. The van der Waals surface area contributed by atoms with Crippen LogP contribution >= 0.6 is 11.6 Å². The molecule has 0 spiro atoms. The third-order valence-electron chi connectivity index (χ3n) is 5.69. The molecule has 8 heteroatoms. The molecule has 32 heavy (non-hydrogen) atoms. The number of hydrogen-bond donors (Lipinski definition) is 2. The van der Waals surface area contributed by atoms with Crippen molar-refractivity contribution in [3.63, 3.8) is 0 Å². The third kappa shape index (κ3) is 3.36. The highest BCUT2D eigenvalue weighted by Gasteiger charge is 2.25. The van der Waals surface area contributed by atoms with Gasteiger partial charge in [-0.25, -0.2) is 9.89 Å². The van der Waals surface area contributed by atoms with E-state index in [-0.39, 0.29) is 17.0 Å². The average molecular weight is 447 g/mol. The number of rotatable bonds is 5. The minimum absolute atomic E-state index is 0.144. The van der Waals surface area contributed by atoms with Crippen molar-refractivity contribution in [1.29, 1.82) is 0 Å². The van der Waals surface area contributed by atoms with Gasteiger partial charge in [0, 0.05) is 47.0 Å². The lowest BCUT2D eigenvalue weighted by Crippen LogP contribution is -2.16. The molecule has 0 aliphatic carbocycles. The fraction of sp³-hybridized carbons (Fsp3) is 0.125. The Kier molecular flexibility index (Phi) is 5.03. The number of aromatic nitrogens is 4. The molecule has 0 saturated heterocycles. The molecule has 1 atom stereocenters. The molecule has 7 nitrogen and oxygen atoms in total. The first kappa shape index (κ1) is 20.1. The monoisotopic (exact) mass is 446 g/mol. The Bertz CT molecular complexity index is 1470. The smallest absolute Gasteiger partial charge is 0.341 e. The van der Waals surface area contributed by atoms with E-state index in [1.807, 2.05) is 53.2 Å². The predicted octanol–water partition coefficient (Wildman–Crippen LogP) is 4.43. The molecule has 3 aromatic rings. The van der Waals surface area contributed by atoms with Crippen LogP contribution in [0.25, 0.3) is 22.2 Å². The van der Waals surface area contributed by atoms with Crippen LogP contribution in [0.4, 0.5) is 0 Å². The molecule has 2 aliphatic rings. The second-order valence-corrected chi connectivity index (χ2v) is 7.95. The number of ether oxygens (including phenoxy) is 1. The minimum atomic E-state index is -0.558. The van der Waals surface area contributed by atoms with E-state index in [4.69, 9.17) is 16.3 Å². The van der Waals surface area contributed by atoms with E-state index in [2.05, 4.69) is 21.2 Å². The van der Waals surface area contributed by atoms with E-state index >= 15 is 0 Å². The highest BCUT2D eigenvalue weighted by Crippen LogP contribution is 2.36. The van der Waals surface area contributed by atoms with Crippen molar-refractivity contribution < 1.29 is 9.53 Å². The Morgan fingerprint density at radius 2 is 1.91 bits per heavy atom. The molecule has 1 aromatic heterocycles. The van der Waals surface area contributed by atoms with Crippen molar-refractivity contribution in [1.82, 2.24) is 19.7 Å². The summed E-state index contributed by atoms with van der Waals surface area (Å²) < 4.78 is 6.73. The summed E-state index contributed by atoms with van der Waals surface area (Å²) in [5.74, 6) is -0.702. The standard InChI is InChI=1S/C24H19ClN4O3/c1-32-24(31)19-13-29(12-18-22(19)27-28-23(18)30)11-17(14-6-2-4-8-20(14)25)16-10-26-21-9-5-3-7-15(16)21/h2-10,12-13,17,26H,11H2,1H3,(H,28,30)/t17-/m1/s1. The zero-order chi connectivity index (χ0) is 22.2. The molecule has 0 amide bonds. The molecule has 0 bridgehead atoms. The van der Waals surface area contributed by atoms with Crippen molar-refractivity contribution in [2.24, 2.45) is 0 Å². The quantitative estimate of drug-likeness (QED) is 0.390. The van der Waals surface area contributed by atoms with E-state index in [1.165, 1.54) is 7.11 Å². The number of methoxy groups -OCH3 is 1. The summed E-state index contributed by atoms with van der Waals surface area (Å²) in [4.78, 5) is 28.0. The van der Waals surface area contributed by atoms with Crippen molar-refractivity contribution in [2.75, 3.05) is 7.11 Å². The molecule has 0 unspecified atom stereocenters. The molecular formula is C24H19ClN4O3. The Balaban J connectivity index is 1.69. The molecule has 0 saturated carbocycles. The maximum atomic E-state index is 12.4. The Morgan fingerprint density at radius 1 is 1.12 bits per heavy atom. The molecule has 3 heterocycles. The number of carbonyl (C=O) groups is 1. The van der Waals surface area contributed by atoms with Crippen molar-refractivity contribution in [2.45, 2.75) is 12.5 Å². The largest absolute Gasteiger partial charge is 0.465 e. The summed E-state index contributed by atoms with van der Waals surface area (Å²) in [6.45, 7) is 0.441. The molecule has 2 N–H and O–H groups in total. The number of nitrogens with one attached hydrogen (secondary N) is 2. The van der Waals surface area contributed by atoms with Gasteiger partial charge in [-0.1, -0.05) is 48.0 Å². The van der Waals surface area contributed by atoms with E-state index in [1.54, 1.807) is 12.4 Å². The van der Waals surface area contributed by atoms with E-state index in [9.17, 15) is 9.59 Å². The fourth-order valence-corrected chi connectivity index (χ4v) is 4.44. The van der Waals surface area contributed by atoms with Gasteiger partial charge in [0.1, 0.15) is 11.3 Å². The highest BCUT2D eigenvalue weighted by molar-refractivity contribution is 6.31. The van der Waals surface area contributed by atoms with Crippen LogP contribution in [0.3, 0.4) is 0 Å². The number of halogens is 1. The van der Waals surface area contributed by atoms with Gasteiger partial charge in [0.05, 0.1) is 12.7 Å². The first-order chi connectivity index (χ1) is 15.6. The van der Waals surface area contributed by atoms with Crippen molar-refractivity contribution in [3.05, 3.63) is 99.2 Å². The Hall–Kier alpha value is -3.84. The molecular weight excluding hydrogens is 428 g/mol. The first-order valence-electron chi connectivity index (χ1n) is 10.0. The predicted molar refractivity (Wildman–Crippen MR) is 122 cm³/mol. The van der Waals surface area contributed by atoms with Crippen LogP contribution in [0.1, 0.15) is 27.4 Å². The third-order valence-corrected chi connectivity index (χ3v) is 6.03. The van der Waals surface area contributed by atoms with E-state index < -0.39 is 5.97 Å². The van der Waals surface area contributed by atoms with Gasteiger partial charge in [0.2, 0.25) is 0 Å². The molecule has 2 aromatic carbocycles. The second kappa shape index (κ2) is 8.01. The number of pyridine rings is 1. The van der Waals surface area contributed by atoms with Crippen LogP contribution in [0.15, 0.2) is 71.9 Å². The van der Waals surface area contributed by atoms with Gasteiger partial charge in [-0.2, -0.15) is 5.10 Å². The van der Waals surface area contributed by atoms with Gasteiger partial charge in [-0.15, -0.1) is 0 Å². The second-order valence-electron chi connectivity index (χ2n) is 7.54. The minimum Gasteiger partial charge on any atom is -0.465 e. The first-order valence-corrected chi connectivity index (χ1v) is 10.4. The number of para-hydroxylation sites is 1. The van der Waals surface area contributed by atoms with Gasteiger partial charge >= 0.3 is 5.97 Å². The summed E-state index contributed by atoms with van der Waals surface area (Å²) in [7, 11) is 1.30. The number of carbonyl (C=O) groups excluding carboxylic acids is 1. The molecule has 0 radical (unpaired) electrons. The number of benzene rings is 2. The van der Waals surface area contributed by atoms with E-state index in [0.717, 1.165) is 22.0 Å². The van der Waals surface area contributed by atoms with Gasteiger partial charge in [0.25, 0.3) is 5.56 Å².